The van der Waals surface area contributed by atoms with E-state index in [1.807, 2.05) is 36.5 Å². The van der Waals surface area contributed by atoms with Crippen LogP contribution in [0.2, 0.25) is 0 Å². The molecular formula is C15H15N3O. The van der Waals surface area contributed by atoms with Crippen LogP contribution in [-0.4, -0.2) is 17.1 Å². The molecule has 2 aromatic rings. The SMILES string of the molecule is O=C(N/N=C\c1ccc[nH]1)[C@@H]1C[C@@H]1c1ccccc1. The summed E-state index contributed by atoms with van der Waals surface area (Å²) in [7, 11) is 0. The molecular weight excluding hydrogens is 238 g/mol. The molecule has 1 aromatic carbocycles. The van der Waals surface area contributed by atoms with Crippen LogP contribution in [0.25, 0.3) is 0 Å². The van der Waals surface area contributed by atoms with E-state index in [9.17, 15) is 4.79 Å². The molecule has 1 amide bonds. The molecule has 4 nitrogen and oxygen atoms in total. The van der Waals surface area contributed by atoms with Gasteiger partial charge in [0.2, 0.25) is 5.91 Å². The van der Waals surface area contributed by atoms with Gasteiger partial charge < -0.3 is 4.98 Å². The molecule has 0 bridgehead atoms. The van der Waals surface area contributed by atoms with E-state index in [0.717, 1.165) is 12.1 Å². The summed E-state index contributed by atoms with van der Waals surface area (Å²) in [6.07, 6.45) is 4.33. The molecule has 2 atom stereocenters. The second-order valence-corrected chi connectivity index (χ2v) is 4.72. The van der Waals surface area contributed by atoms with Crippen LogP contribution in [0.15, 0.2) is 53.8 Å². The van der Waals surface area contributed by atoms with Crippen molar-refractivity contribution < 1.29 is 4.79 Å². The third-order valence-corrected chi connectivity index (χ3v) is 3.36. The van der Waals surface area contributed by atoms with Crippen LogP contribution in [0.4, 0.5) is 0 Å². The van der Waals surface area contributed by atoms with E-state index in [1.165, 1.54) is 5.56 Å². The van der Waals surface area contributed by atoms with E-state index in [0.29, 0.717) is 5.92 Å². The van der Waals surface area contributed by atoms with Crippen LogP contribution in [0, 0.1) is 5.92 Å². The summed E-state index contributed by atoms with van der Waals surface area (Å²) < 4.78 is 0. The molecule has 3 rings (SSSR count). The molecule has 0 unspecified atom stereocenters. The summed E-state index contributed by atoms with van der Waals surface area (Å²) in [6, 6.07) is 13.9. The second kappa shape index (κ2) is 5.10. The first-order chi connectivity index (χ1) is 9.34. The first-order valence-corrected chi connectivity index (χ1v) is 6.36. The maximum atomic E-state index is 11.9. The topological polar surface area (TPSA) is 57.2 Å². The van der Waals surface area contributed by atoms with Crippen LogP contribution in [0.3, 0.4) is 0 Å². The van der Waals surface area contributed by atoms with Crippen LogP contribution < -0.4 is 5.43 Å². The van der Waals surface area contributed by atoms with Gasteiger partial charge in [-0.25, -0.2) is 5.43 Å². The van der Waals surface area contributed by atoms with Gasteiger partial charge in [-0.2, -0.15) is 5.10 Å². The lowest BCUT2D eigenvalue weighted by Gasteiger charge is -1.99. The van der Waals surface area contributed by atoms with Gasteiger partial charge in [0.15, 0.2) is 0 Å². The van der Waals surface area contributed by atoms with E-state index in [2.05, 4.69) is 27.6 Å². The van der Waals surface area contributed by atoms with Gasteiger partial charge in [-0.05, 0) is 30.0 Å². The number of hydrogen-bond acceptors (Lipinski definition) is 2. The second-order valence-electron chi connectivity index (χ2n) is 4.72. The van der Waals surface area contributed by atoms with Crippen molar-refractivity contribution in [3.05, 3.63) is 59.9 Å². The van der Waals surface area contributed by atoms with Crippen LogP contribution in [0.5, 0.6) is 0 Å². The number of aromatic amines is 1. The van der Waals surface area contributed by atoms with Crippen molar-refractivity contribution in [2.24, 2.45) is 11.0 Å². The summed E-state index contributed by atoms with van der Waals surface area (Å²) in [4.78, 5) is 14.9. The molecule has 0 spiro atoms. The minimum atomic E-state index is -0.00309. The number of nitrogens with zero attached hydrogens (tertiary/aromatic N) is 1. The average molecular weight is 253 g/mol. The Morgan fingerprint density at radius 1 is 1.26 bits per heavy atom. The maximum Gasteiger partial charge on any atom is 0.243 e. The lowest BCUT2D eigenvalue weighted by atomic mass is 10.1. The molecule has 19 heavy (non-hydrogen) atoms. The minimum absolute atomic E-state index is 0.00309. The predicted octanol–water partition coefficient (Wildman–Crippen LogP) is 2.27. The average Bonchev–Trinajstić information content (AvgIpc) is 3.09. The number of hydrazone groups is 1. The number of carbonyl (C=O) groups excluding carboxylic acids is 1. The van der Waals surface area contributed by atoms with Crippen molar-refractivity contribution in [1.82, 2.24) is 10.4 Å². The van der Waals surface area contributed by atoms with E-state index in [4.69, 9.17) is 0 Å². The van der Waals surface area contributed by atoms with Crippen molar-refractivity contribution in [2.45, 2.75) is 12.3 Å². The van der Waals surface area contributed by atoms with Gasteiger partial charge in [0.05, 0.1) is 11.9 Å². The van der Waals surface area contributed by atoms with Crippen molar-refractivity contribution >= 4 is 12.1 Å². The fraction of sp³-hybridized carbons (Fsp3) is 0.200. The van der Waals surface area contributed by atoms with Gasteiger partial charge in [-0.1, -0.05) is 30.3 Å². The normalized spacial score (nSPS) is 21.5. The summed E-state index contributed by atoms with van der Waals surface area (Å²) in [5.74, 6) is 0.404. The molecule has 0 radical (unpaired) electrons. The number of hydrogen-bond donors (Lipinski definition) is 2. The Balaban J connectivity index is 1.53. The highest BCUT2D eigenvalue weighted by Crippen LogP contribution is 2.47. The van der Waals surface area contributed by atoms with Gasteiger partial charge in [-0.15, -0.1) is 0 Å². The standard InChI is InChI=1S/C15H15N3O/c19-15(18-17-10-12-7-4-8-16-12)14-9-13(14)11-5-2-1-3-6-11/h1-8,10,13-14,16H,9H2,(H,18,19)/b17-10-/t13-,14-/m1/s1. The molecule has 0 saturated heterocycles. The molecule has 96 valence electrons. The number of nitrogens with one attached hydrogen (secondary N) is 2. The van der Waals surface area contributed by atoms with Gasteiger partial charge in [0.25, 0.3) is 0 Å². The molecule has 1 aliphatic carbocycles. The zero-order chi connectivity index (χ0) is 13.1. The molecule has 2 N–H and O–H groups in total. The Morgan fingerprint density at radius 2 is 2.11 bits per heavy atom. The zero-order valence-corrected chi connectivity index (χ0v) is 10.4. The third-order valence-electron chi connectivity index (χ3n) is 3.36. The fourth-order valence-electron chi connectivity index (χ4n) is 2.23. The molecule has 1 aromatic heterocycles. The van der Waals surface area contributed by atoms with Crippen molar-refractivity contribution in [3.63, 3.8) is 0 Å². The maximum absolute atomic E-state index is 11.9. The van der Waals surface area contributed by atoms with E-state index >= 15 is 0 Å². The Morgan fingerprint density at radius 3 is 2.84 bits per heavy atom. The Bertz CT molecular complexity index is 575. The van der Waals surface area contributed by atoms with Crippen molar-refractivity contribution in [3.8, 4) is 0 Å². The number of benzene rings is 1. The highest BCUT2D eigenvalue weighted by Gasteiger charge is 2.43. The monoisotopic (exact) mass is 253 g/mol. The molecule has 1 saturated carbocycles. The van der Waals surface area contributed by atoms with Crippen LogP contribution in [0.1, 0.15) is 23.6 Å². The number of H-pyrrole nitrogens is 1. The van der Waals surface area contributed by atoms with Gasteiger partial charge in [0, 0.05) is 12.1 Å². The van der Waals surface area contributed by atoms with Gasteiger partial charge in [0.1, 0.15) is 0 Å². The lowest BCUT2D eigenvalue weighted by Crippen LogP contribution is -2.20. The predicted molar refractivity (Wildman–Crippen MR) is 73.8 cm³/mol. The van der Waals surface area contributed by atoms with Crippen LogP contribution >= 0.6 is 0 Å². The van der Waals surface area contributed by atoms with E-state index < -0.39 is 0 Å². The van der Waals surface area contributed by atoms with Crippen molar-refractivity contribution in [2.75, 3.05) is 0 Å². The Hall–Kier alpha value is -2.36. The Labute approximate surface area is 111 Å². The number of amides is 1. The van der Waals surface area contributed by atoms with Gasteiger partial charge in [-0.3, -0.25) is 4.79 Å². The molecule has 1 aliphatic rings. The first kappa shape index (κ1) is 11.7. The molecule has 1 heterocycles. The molecule has 1 fully saturated rings. The summed E-state index contributed by atoms with van der Waals surface area (Å²) in [5, 5.41) is 3.95. The third kappa shape index (κ3) is 2.73. The van der Waals surface area contributed by atoms with E-state index in [1.54, 1.807) is 6.21 Å². The first-order valence-electron chi connectivity index (χ1n) is 6.36. The fourth-order valence-corrected chi connectivity index (χ4v) is 2.23. The molecule has 0 aliphatic heterocycles. The number of aromatic nitrogens is 1. The highest BCUT2D eigenvalue weighted by atomic mass is 16.2. The quantitative estimate of drug-likeness (QED) is 0.637. The lowest BCUT2D eigenvalue weighted by molar-refractivity contribution is -0.122. The summed E-state index contributed by atoms with van der Waals surface area (Å²) in [5.41, 5.74) is 4.70. The summed E-state index contributed by atoms with van der Waals surface area (Å²) >= 11 is 0. The van der Waals surface area contributed by atoms with Gasteiger partial charge >= 0.3 is 0 Å². The smallest absolute Gasteiger partial charge is 0.243 e. The van der Waals surface area contributed by atoms with Crippen molar-refractivity contribution in [1.29, 1.82) is 0 Å². The Kier molecular flexibility index (Phi) is 3.14. The number of carbonyl (C=O) groups is 1. The molecule has 4 heteroatoms. The van der Waals surface area contributed by atoms with Crippen LogP contribution in [-0.2, 0) is 4.79 Å². The largest absolute Gasteiger partial charge is 0.360 e. The minimum Gasteiger partial charge on any atom is -0.360 e. The van der Waals surface area contributed by atoms with E-state index in [-0.39, 0.29) is 11.8 Å². The zero-order valence-electron chi connectivity index (χ0n) is 10.4. The highest BCUT2D eigenvalue weighted by molar-refractivity contribution is 5.84. The number of rotatable bonds is 4. The summed E-state index contributed by atoms with van der Waals surface area (Å²) in [6.45, 7) is 0.